The summed E-state index contributed by atoms with van der Waals surface area (Å²) in [7, 11) is 1.74. The first-order valence-electron chi connectivity index (χ1n) is 19.0. The minimum Gasteiger partial charge on any atom is -0.496 e. The lowest BCUT2D eigenvalue weighted by atomic mass is 9.51. The number of carbonyl (C=O) groups is 2. The molecular weight excluding hydrogens is 626 g/mol. The maximum Gasteiger partial charge on any atom is 0.410 e. The van der Waals surface area contributed by atoms with Crippen LogP contribution in [0.25, 0.3) is 11.1 Å². The number of aromatic nitrogens is 3. The molecule has 1 aliphatic heterocycles. The fourth-order valence-corrected chi connectivity index (χ4v) is 9.11. The van der Waals surface area contributed by atoms with E-state index < -0.39 is 0 Å². The number of hydrogen-bond donors (Lipinski definition) is 0. The molecule has 1 aromatic carbocycles. The van der Waals surface area contributed by atoms with Crippen molar-refractivity contribution in [3.05, 3.63) is 60.0 Å². The number of anilines is 1. The molecule has 0 N–H and O–H groups in total. The molecule has 2 bridgehead atoms. The number of nitrogens with zero attached hydrogens (tertiary/aromatic N) is 5. The lowest BCUT2D eigenvalue weighted by Gasteiger charge is -2.55. The maximum absolute atomic E-state index is 14.7. The SMILES string of the molecule is CCC1CN(C(=O)OC2CCC(C(=O)N(CC34CCC(c5ccc(OC)c(C)c5)(CC3)CC4)c3cc(-c4cnn(C(C)C)c4)ccn3)CC2)C1. The number of ether oxygens (including phenoxy) is 2. The van der Waals surface area contributed by atoms with Gasteiger partial charge in [-0.05, 0) is 143 Å². The molecule has 0 atom stereocenters. The Morgan fingerprint density at radius 3 is 2.32 bits per heavy atom. The highest BCUT2D eigenvalue weighted by Gasteiger charge is 2.51. The molecule has 0 unspecified atom stereocenters. The summed E-state index contributed by atoms with van der Waals surface area (Å²) in [6, 6.07) is 11.1. The quantitative estimate of drug-likeness (QED) is 0.213. The summed E-state index contributed by atoms with van der Waals surface area (Å²) in [4.78, 5) is 36.1. The summed E-state index contributed by atoms with van der Waals surface area (Å²) in [5.74, 6) is 2.31. The standard InChI is InChI=1S/C41H55N5O4/c1-6-30-24-44(25-30)39(48)50-35-10-7-31(8-11-35)38(47)45(37-22-32(13-20-42-37)33-23-43-46(26-33)28(2)3)27-40-14-17-41(18-15-40,19-16-40)34-9-12-36(49-5)29(4)21-34/h9,12-13,20-23,26,28,30-31,35H,6-8,10-11,14-19,24-25,27H2,1-5H3. The molecule has 50 heavy (non-hydrogen) atoms. The molecule has 2 aromatic heterocycles. The zero-order chi connectivity index (χ0) is 35.0. The molecular formula is C41H55N5O4. The molecule has 5 fully saturated rings. The van der Waals surface area contributed by atoms with E-state index in [9.17, 15) is 9.59 Å². The minimum atomic E-state index is -0.192. The van der Waals surface area contributed by atoms with E-state index in [2.05, 4.69) is 63.3 Å². The molecule has 9 nitrogen and oxygen atoms in total. The Balaban J connectivity index is 1.08. The van der Waals surface area contributed by atoms with Gasteiger partial charge in [-0.25, -0.2) is 9.78 Å². The number of amides is 2. The number of hydrogen-bond acceptors (Lipinski definition) is 6. The Morgan fingerprint density at radius 1 is 0.980 bits per heavy atom. The highest BCUT2D eigenvalue weighted by atomic mass is 16.6. The highest BCUT2D eigenvalue weighted by molar-refractivity contribution is 5.95. The van der Waals surface area contributed by atoms with Crippen molar-refractivity contribution in [2.75, 3.05) is 31.6 Å². The van der Waals surface area contributed by atoms with Crippen molar-refractivity contribution >= 4 is 17.8 Å². The number of fused-ring (bicyclic) bond motifs is 3. The zero-order valence-corrected chi connectivity index (χ0v) is 30.7. The molecule has 1 saturated heterocycles. The summed E-state index contributed by atoms with van der Waals surface area (Å²) in [5, 5.41) is 4.57. The van der Waals surface area contributed by atoms with Crippen molar-refractivity contribution in [1.82, 2.24) is 19.7 Å². The molecule has 3 heterocycles. The van der Waals surface area contributed by atoms with Gasteiger partial charge in [0.05, 0.1) is 13.3 Å². The lowest BCUT2D eigenvalue weighted by Crippen LogP contribution is -2.52. The van der Waals surface area contributed by atoms with Crippen molar-refractivity contribution in [3.8, 4) is 16.9 Å². The van der Waals surface area contributed by atoms with Gasteiger partial charge in [0.2, 0.25) is 5.91 Å². The maximum atomic E-state index is 14.7. The third-order valence-electron chi connectivity index (χ3n) is 12.7. The zero-order valence-electron chi connectivity index (χ0n) is 30.7. The fraction of sp³-hybridized carbons (Fsp3) is 0.610. The number of aryl methyl sites for hydroxylation is 1. The number of likely N-dealkylation sites (tertiary alicyclic amines) is 1. The number of benzene rings is 1. The average Bonchev–Trinajstić information content (AvgIpc) is 3.62. The van der Waals surface area contributed by atoms with Gasteiger partial charge in [0.25, 0.3) is 0 Å². The molecule has 8 rings (SSSR count). The first kappa shape index (κ1) is 34.6. The first-order valence-corrected chi connectivity index (χ1v) is 19.0. The van der Waals surface area contributed by atoms with Crippen LogP contribution in [0.4, 0.5) is 10.6 Å². The van der Waals surface area contributed by atoms with Crippen LogP contribution in [-0.4, -0.2) is 64.5 Å². The van der Waals surface area contributed by atoms with Crippen LogP contribution in [0, 0.1) is 24.2 Å². The van der Waals surface area contributed by atoms with E-state index in [1.54, 1.807) is 7.11 Å². The van der Waals surface area contributed by atoms with Crippen molar-refractivity contribution in [3.63, 3.8) is 0 Å². The summed E-state index contributed by atoms with van der Waals surface area (Å²) < 4.78 is 13.4. The van der Waals surface area contributed by atoms with Crippen LogP contribution in [-0.2, 0) is 14.9 Å². The van der Waals surface area contributed by atoms with Gasteiger partial charge in [-0.3, -0.25) is 14.4 Å². The average molecular weight is 682 g/mol. The van der Waals surface area contributed by atoms with Crippen molar-refractivity contribution < 1.29 is 19.1 Å². The van der Waals surface area contributed by atoms with Crippen molar-refractivity contribution in [1.29, 1.82) is 0 Å². The van der Waals surface area contributed by atoms with E-state index in [0.717, 1.165) is 106 Å². The normalized spacial score (nSPS) is 26.5. The van der Waals surface area contributed by atoms with Crippen LogP contribution in [0.1, 0.15) is 109 Å². The molecule has 2 amide bonds. The van der Waals surface area contributed by atoms with Gasteiger partial charge in [0, 0.05) is 49.6 Å². The third kappa shape index (κ3) is 6.76. The van der Waals surface area contributed by atoms with E-state index >= 15 is 0 Å². The molecule has 0 spiro atoms. The van der Waals surface area contributed by atoms with Gasteiger partial charge in [0.15, 0.2) is 0 Å². The van der Waals surface area contributed by atoms with Crippen molar-refractivity contribution in [2.45, 2.75) is 116 Å². The largest absolute Gasteiger partial charge is 0.496 e. The van der Waals surface area contributed by atoms with Crippen LogP contribution < -0.4 is 9.64 Å². The molecule has 4 saturated carbocycles. The Bertz CT molecular complexity index is 1660. The second kappa shape index (κ2) is 14.0. The molecule has 0 radical (unpaired) electrons. The smallest absolute Gasteiger partial charge is 0.410 e. The predicted molar refractivity (Wildman–Crippen MR) is 195 cm³/mol. The van der Waals surface area contributed by atoms with Gasteiger partial charge >= 0.3 is 6.09 Å². The van der Waals surface area contributed by atoms with Gasteiger partial charge in [-0.1, -0.05) is 19.1 Å². The van der Waals surface area contributed by atoms with Gasteiger partial charge in [-0.2, -0.15) is 5.10 Å². The van der Waals surface area contributed by atoms with E-state index in [1.165, 1.54) is 11.1 Å². The number of pyridine rings is 1. The minimum absolute atomic E-state index is 0.0689. The van der Waals surface area contributed by atoms with E-state index in [0.29, 0.717) is 12.5 Å². The Hall–Kier alpha value is -3.88. The highest BCUT2D eigenvalue weighted by Crippen LogP contribution is 2.58. The number of rotatable bonds is 10. The topological polar surface area (TPSA) is 89.8 Å². The molecule has 9 heteroatoms. The van der Waals surface area contributed by atoms with Crippen LogP contribution in [0.2, 0.25) is 0 Å². The first-order chi connectivity index (χ1) is 24.1. The van der Waals surface area contributed by atoms with E-state index in [1.807, 2.05) is 32.9 Å². The fourth-order valence-electron chi connectivity index (χ4n) is 9.11. The summed E-state index contributed by atoms with van der Waals surface area (Å²) in [6.45, 7) is 10.8. The predicted octanol–water partition coefficient (Wildman–Crippen LogP) is 8.51. The Morgan fingerprint density at radius 2 is 1.70 bits per heavy atom. The molecule has 5 aliphatic rings. The molecule has 3 aromatic rings. The van der Waals surface area contributed by atoms with E-state index in [-0.39, 0.29) is 40.9 Å². The summed E-state index contributed by atoms with van der Waals surface area (Å²) >= 11 is 0. The second-order valence-corrected chi connectivity index (χ2v) is 16.1. The molecule has 268 valence electrons. The van der Waals surface area contributed by atoms with Crippen LogP contribution >= 0.6 is 0 Å². The monoisotopic (exact) mass is 681 g/mol. The van der Waals surface area contributed by atoms with Gasteiger partial charge in [-0.15, -0.1) is 0 Å². The van der Waals surface area contributed by atoms with Crippen LogP contribution in [0.5, 0.6) is 5.75 Å². The van der Waals surface area contributed by atoms with E-state index in [4.69, 9.17) is 14.5 Å². The molecule has 4 aliphatic carbocycles. The van der Waals surface area contributed by atoms with Gasteiger partial charge < -0.3 is 14.4 Å². The Labute approximate surface area is 297 Å². The second-order valence-electron chi connectivity index (χ2n) is 16.1. The third-order valence-corrected chi connectivity index (χ3v) is 12.7. The van der Waals surface area contributed by atoms with Gasteiger partial charge in [0.1, 0.15) is 17.7 Å². The van der Waals surface area contributed by atoms with Crippen LogP contribution in [0.3, 0.4) is 0 Å². The summed E-state index contributed by atoms with van der Waals surface area (Å²) in [5.41, 5.74) is 4.94. The summed E-state index contributed by atoms with van der Waals surface area (Å²) in [6.07, 6.45) is 16.2. The Kier molecular flexibility index (Phi) is 9.70. The number of methoxy groups -OCH3 is 1. The lowest BCUT2D eigenvalue weighted by molar-refractivity contribution is -0.124. The van der Waals surface area contributed by atoms with Crippen molar-refractivity contribution in [2.24, 2.45) is 17.3 Å². The number of carbonyl (C=O) groups excluding carboxylic acids is 2. The van der Waals surface area contributed by atoms with Crippen LogP contribution in [0.15, 0.2) is 48.9 Å².